The number of hydrogen-bond acceptors (Lipinski definition) is 3. The molecule has 0 unspecified atom stereocenters. The fourth-order valence-electron chi connectivity index (χ4n) is 2.07. The predicted molar refractivity (Wildman–Crippen MR) is 91.2 cm³/mol. The number of thioether (sulfide) groups is 1. The van der Waals surface area contributed by atoms with Gasteiger partial charge < -0.3 is 4.98 Å². The lowest BCUT2D eigenvalue weighted by atomic mass is 10.2. The van der Waals surface area contributed by atoms with Crippen LogP contribution in [0.4, 0.5) is 0 Å². The topological polar surface area (TPSA) is 41.0 Å². The Bertz CT molecular complexity index is 686. The van der Waals surface area contributed by atoms with Crippen LogP contribution in [0.1, 0.15) is 11.4 Å². The summed E-state index contributed by atoms with van der Waals surface area (Å²) >= 11 is 1.90. The molecule has 3 nitrogen and oxygen atoms in total. The van der Waals surface area contributed by atoms with E-state index in [-0.39, 0.29) is 0 Å². The minimum Gasteiger partial charge on any atom is -0.337 e. The molecule has 4 heteroatoms. The highest BCUT2D eigenvalue weighted by molar-refractivity contribution is 7.98. The van der Waals surface area contributed by atoms with E-state index in [2.05, 4.69) is 39.2 Å². The Kier molecular flexibility index (Phi) is 4.69. The minimum absolute atomic E-state index is 0.814. The van der Waals surface area contributed by atoms with Crippen molar-refractivity contribution in [2.45, 2.75) is 5.75 Å². The molecule has 2 aromatic carbocycles. The van der Waals surface area contributed by atoms with Crippen LogP contribution >= 0.6 is 11.8 Å². The number of rotatable bonds is 6. The molecule has 0 saturated carbocycles. The standard InChI is InChI=1S/C17H17N3S/c1-2-6-14(7-3-1)13-21-11-10-18-12-17-19-15-8-4-5-9-16(15)20-17/h1-9,12H,10-11,13H2,(H,19,20)/b18-12+. The molecule has 106 valence electrons. The SMILES string of the molecule is C(=N\CCSCc1ccccc1)/c1nc2ccccc2[nH]1. The van der Waals surface area contributed by atoms with Crippen molar-refractivity contribution in [1.29, 1.82) is 0 Å². The van der Waals surface area contributed by atoms with Gasteiger partial charge in [-0.15, -0.1) is 0 Å². The lowest BCUT2D eigenvalue weighted by molar-refractivity contribution is 1.14. The maximum atomic E-state index is 4.47. The molecule has 0 aliphatic heterocycles. The van der Waals surface area contributed by atoms with E-state index in [9.17, 15) is 0 Å². The van der Waals surface area contributed by atoms with Gasteiger partial charge in [0.05, 0.1) is 17.2 Å². The number of imidazole rings is 1. The smallest absolute Gasteiger partial charge is 0.149 e. The third-order valence-corrected chi connectivity index (χ3v) is 4.11. The number of aromatic nitrogens is 2. The second-order valence-electron chi connectivity index (χ2n) is 4.71. The number of nitrogens with zero attached hydrogens (tertiary/aromatic N) is 2. The van der Waals surface area contributed by atoms with Crippen LogP contribution < -0.4 is 0 Å². The fraction of sp³-hybridized carbons (Fsp3) is 0.176. The van der Waals surface area contributed by atoms with Gasteiger partial charge in [0.15, 0.2) is 0 Å². The summed E-state index contributed by atoms with van der Waals surface area (Å²) in [6, 6.07) is 18.5. The van der Waals surface area contributed by atoms with Crippen LogP contribution in [-0.4, -0.2) is 28.5 Å². The van der Waals surface area contributed by atoms with E-state index in [1.807, 2.05) is 48.3 Å². The predicted octanol–water partition coefficient (Wildman–Crippen LogP) is 3.92. The Morgan fingerprint density at radius 1 is 1.05 bits per heavy atom. The molecule has 3 aromatic rings. The molecular formula is C17H17N3S. The Balaban J connectivity index is 1.44. The van der Waals surface area contributed by atoms with Crippen LogP contribution in [0.15, 0.2) is 59.6 Å². The van der Waals surface area contributed by atoms with Crippen molar-refractivity contribution in [2.24, 2.45) is 4.99 Å². The highest BCUT2D eigenvalue weighted by atomic mass is 32.2. The molecule has 0 bridgehead atoms. The number of benzene rings is 2. The molecule has 0 fully saturated rings. The van der Waals surface area contributed by atoms with Crippen molar-refractivity contribution in [2.75, 3.05) is 12.3 Å². The average Bonchev–Trinajstić information content (AvgIpc) is 2.94. The second-order valence-corrected chi connectivity index (χ2v) is 5.82. The largest absolute Gasteiger partial charge is 0.337 e. The molecule has 0 aliphatic carbocycles. The summed E-state index contributed by atoms with van der Waals surface area (Å²) in [7, 11) is 0. The van der Waals surface area contributed by atoms with E-state index >= 15 is 0 Å². The monoisotopic (exact) mass is 295 g/mol. The summed E-state index contributed by atoms with van der Waals surface area (Å²) in [4.78, 5) is 12.1. The summed E-state index contributed by atoms with van der Waals surface area (Å²) in [5.41, 5.74) is 3.40. The lowest BCUT2D eigenvalue weighted by Crippen LogP contribution is -1.90. The highest BCUT2D eigenvalue weighted by Crippen LogP contribution is 2.11. The lowest BCUT2D eigenvalue weighted by Gasteiger charge is -1.99. The molecule has 0 radical (unpaired) electrons. The van der Waals surface area contributed by atoms with Crippen molar-refractivity contribution in [3.63, 3.8) is 0 Å². The number of para-hydroxylation sites is 2. The van der Waals surface area contributed by atoms with Crippen LogP contribution in [0.2, 0.25) is 0 Å². The van der Waals surface area contributed by atoms with Gasteiger partial charge >= 0.3 is 0 Å². The average molecular weight is 295 g/mol. The van der Waals surface area contributed by atoms with Gasteiger partial charge in [0.2, 0.25) is 0 Å². The summed E-state index contributed by atoms with van der Waals surface area (Å²) in [5, 5.41) is 0. The van der Waals surface area contributed by atoms with Crippen LogP contribution in [0, 0.1) is 0 Å². The Labute approximate surface area is 128 Å². The summed E-state index contributed by atoms with van der Waals surface area (Å²) < 4.78 is 0. The number of aliphatic imine (C=N–C) groups is 1. The van der Waals surface area contributed by atoms with Gasteiger partial charge in [-0.3, -0.25) is 4.99 Å². The van der Waals surface area contributed by atoms with Gasteiger partial charge in [-0.05, 0) is 17.7 Å². The van der Waals surface area contributed by atoms with Crippen molar-refractivity contribution in [3.05, 3.63) is 66.0 Å². The summed E-state index contributed by atoms with van der Waals surface area (Å²) in [6.45, 7) is 0.814. The number of hydrogen-bond donors (Lipinski definition) is 1. The van der Waals surface area contributed by atoms with Crippen molar-refractivity contribution < 1.29 is 0 Å². The van der Waals surface area contributed by atoms with E-state index in [0.29, 0.717) is 0 Å². The van der Waals surface area contributed by atoms with E-state index in [1.54, 1.807) is 0 Å². The minimum atomic E-state index is 0.814. The van der Waals surface area contributed by atoms with Gasteiger partial charge in [-0.25, -0.2) is 4.98 Å². The molecule has 1 heterocycles. The molecule has 0 saturated heterocycles. The summed E-state index contributed by atoms with van der Waals surface area (Å²) in [5.74, 6) is 2.89. The van der Waals surface area contributed by atoms with Gasteiger partial charge in [0, 0.05) is 18.1 Å². The first-order valence-electron chi connectivity index (χ1n) is 6.98. The summed E-state index contributed by atoms with van der Waals surface area (Å²) in [6.07, 6.45) is 1.82. The second kappa shape index (κ2) is 7.09. The molecule has 0 atom stereocenters. The first-order chi connectivity index (χ1) is 10.4. The molecule has 0 amide bonds. The zero-order valence-corrected chi connectivity index (χ0v) is 12.5. The van der Waals surface area contributed by atoms with Crippen molar-refractivity contribution in [1.82, 2.24) is 9.97 Å². The molecule has 0 aliphatic rings. The maximum absolute atomic E-state index is 4.47. The van der Waals surface area contributed by atoms with Crippen LogP contribution in [-0.2, 0) is 5.75 Å². The van der Waals surface area contributed by atoms with Gasteiger partial charge in [0.1, 0.15) is 5.82 Å². The first-order valence-corrected chi connectivity index (χ1v) is 8.13. The van der Waals surface area contributed by atoms with Gasteiger partial charge in [0.25, 0.3) is 0 Å². The zero-order chi connectivity index (χ0) is 14.3. The van der Waals surface area contributed by atoms with Crippen molar-refractivity contribution in [3.8, 4) is 0 Å². The van der Waals surface area contributed by atoms with E-state index in [4.69, 9.17) is 0 Å². The third-order valence-electron chi connectivity index (χ3n) is 3.10. The van der Waals surface area contributed by atoms with E-state index in [0.717, 1.165) is 34.9 Å². The van der Waals surface area contributed by atoms with E-state index < -0.39 is 0 Å². The number of H-pyrrole nitrogens is 1. The highest BCUT2D eigenvalue weighted by Gasteiger charge is 1.98. The number of nitrogens with one attached hydrogen (secondary N) is 1. The molecule has 1 N–H and O–H groups in total. The Morgan fingerprint density at radius 2 is 1.86 bits per heavy atom. The molecule has 0 spiro atoms. The van der Waals surface area contributed by atoms with E-state index in [1.165, 1.54) is 5.56 Å². The zero-order valence-electron chi connectivity index (χ0n) is 11.7. The Morgan fingerprint density at radius 3 is 2.71 bits per heavy atom. The first kappa shape index (κ1) is 13.9. The molecule has 21 heavy (non-hydrogen) atoms. The van der Waals surface area contributed by atoms with Crippen LogP contribution in [0.3, 0.4) is 0 Å². The molecule has 1 aromatic heterocycles. The maximum Gasteiger partial charge on any atom is 0.149 e. The van der Waals surface area contributed by atoms with Crippen LogP contribution in [0.25, 0.3) is 11.0 Å². The fourth-order valence-corrected chi connectivity index (χ4v) is 2.87. The number of fused-ring (bicyclic) bond motifs is 1. The number of aromatic amines is 1. The molecule has 3 rings (SSSR count). The third kappa shape index (κ3) is 3.95. The normalized spacial score (nSPS) is 11.4. The van der Waals surface area contributed by atoms with Crippen LogP contribution in [0.5, 0.6) is 0 Å². The van der Waals surface area contributed by atoms with Crippen molar-refractivity contribution >= 4 is 29.0 Å². The quantitative estimate of drug-likeness (QED) is 0.553. The molecular weight excluding hydrogens is 278 g/mol. The van der Waals surface area contributed by atoms with Gasteiger partial charge in [-0.2, -0.15) is 11.8 Å². The Hall–Kier alpha value is -2.07. The van der Waals surface area contributed by atoms with Gasteiger partial charge in [-0.1, -0.05) is 42.5 Å².